The quantitative estimate of drug-likeness (QED) is 0.871. The Bertz CT molecular complexity index is 567. The molecule has 18 heavy (non-hydrogen) atoms. The summed E-state index contributed by atoms with van der Waals surface area (Å²) in [6, 6.07) is 3.98. The molecule has 0 unspecified atom stereocenters. The van der Waals surface area contributed by atoms with Crippen molar-refractivity contribution in [2.45, 2.75) is 20.5 Å². The zero-order valence-electron chi connectivity index (χ0n) is 10.1. The topological polar surface area (TPSA) is 61.0 Å². The van der Waals surface area contributed by atoms with Gasteiger partial charge in [0.2, 0.25) is 5.88 Å². The second kappa shape index (κ2) is 5.41. The number of thiocarbonyl (C=S) groups is 1. The Morgan fingerprint density at radius 3 is 2.83 bits per heavy atom. The molecule has 6 heteroatoms. The van der Waals surface area contributed by atoms with Gasteiger partial charge in [-0.25, -0.2) is 0 Å². The molecule has 0 aromatic carbocycles. The molecule has 2 aromatic heterocycles. The van der Waals surface area contributed by atoms with Crippen LogP contribution in [-0.2, 0) is 6.61 Å². The van der Waals surface area contributed by atoms with Crippen LogP contribution < -0.4 is 10.5 Å². The molecule has 0 radical (unpaired) electrons. The predicted molar refractivity (Wildman–Crippen MR) is 76.0 cm³/mol. The molecule has 0 spiro atoms. The van der Waals surface area contributed by atoms with Crippen LogP contribution in [0.3, 0.4) is 0 Å². The summed E-state index contributed by atoms with van der Waals surface area (Å²) in [5.41, 5.74) is 8.12. The molecule has 0 saturated heterocycles. The summed E-state index contributed by atoms with van der Waals surface area (Å²) in [5, 5.41) is 10.1. The minimum atomic E-state index is 0.284. The normalized spacial score (nSPS) is 10.3. The third kappa shape index (κ3) is 2.65. The van der Waals surface area contributed by atoms with Gasteiger partial charge in [0.05, 0.1) is 11.3 Å². The lowest BCUT2D eigenvalue weighted by atomic mass is 10.1. The average molecular weight is 279 g/mol. The standard InChI is InChI=1S/C12H13N3OS2/c1-7-8(2)14-15-12(10(7)11(13)17)16-6-9-4-3-5-18-9/h3-5H,6H2,1-2H3,(H2,13,17). The highest BCUT2D eigenvalue weighted by atomic mass is 32.1. The first-order valence-electron chi connectivity index (χ1n) is 5.38. The lowest BCUT2D eigenvalue weighted by molar-refractivity contribution is 0.292. The molecule has 0 amide bonds. The number of thiophene rings is 1. The van der Waals surface area contributed by atoms with Gasteiger partial charge in [-0.15, -0.1) is 16.4 Å². The van der Waals surface area contributed by atoms with Crippen LogP contribution in [0, 0.1) is 13.8 Å². The highest BCUT2D eigenvalue weighted by Crippen LogP contribution is 2.22. The highest BCUT2D eigenvalue weighted by Gasteiger charge is 2.15. The maximum Gasteiger partial charge on any atom is 0.244 e. The maximum absolute atomic E-state index is 5.72. The first-order valence-corrected chi connectivity index (χ1v) is 6.67. The Labute approximate surface area is 115 Å². The van der Waals surface area contributed by atoms with Crippen molar-refractivity contribution >= 4 is 28.5 Å². The van der Waals surface area contributed by atoms with Gasteiger partial charge in [0, 0.05) is 4.88 Å². The van der Waals surface area contributed by atoms with E-state index in [4.69, 9.17) is 22.7 Å². The third-order valence-electron chi connectivity index (χ3n) is 2.60. The van der Waals surface area contributed by atoms with Crippen molar-refractivity contribution in [1.29, 1.82) is 0 Å². The van der Waals surface area contributed by atoms with E-state index in [2.05, 4.69) is 10.2 Å². The van der Waals surface area contributed by atoms with Crippen LogP contribution in [-0.4, -0.2) is 15.2 Å². The number of nitrogens with two attached hydrogens (primary N) is 1. The largest absolute Gasteiger partial charge is 0.470 e. The van der Waals surface area contributed by atoms with Crippen LogP contribution in [0.1, 0.15) is 21.7 Å². The molecule has 2 N–H and O–H groups in total. The molecule has 0 atom stereocenters. The van der Waals surface area contributed by atoms with E-state index in [1.165, 1.54) is 0 Å². The summed E-state index contributed by atoms with van der Waals surface area (Å²) >= 11 is 6.67. The lowest BCUT2D eigenvalue weighted by Crippen LogP contribution is -2.16. The molecule has 2 rings (SSSR count). The van der Waals surface area contributed by atoms with Crippen molar-refractivity contribution in [3.8, 4) is 5.88 Å². The van der Waals surface area contributed by atoms with Gasteiger partial charge >= 0.3 is 0 Å². The Morgan fingerprint density at radius 1 is 1.44 bits per heavy atom. The van der Waals surface area contributed by atoms with Crippen LogP contribution in [0.4, 0.5) is 0 Å². The number of aromatic nitrogens is 2. The van der Waals surface area contributed by atoms with Crippen LogP contribution in [0.15, 0.2) is 17.5 Å². The van der Waals surface area contributed by atoms with Crippen molar-refractivity contribution < 1.29 is 4.74 Å². The summed E-state index contributed by atoms with van der Waals surface area (Å²) in [5.74, 6) is 0.402. The highest BCUT2D eigenvalue weighted by molar-refractivity contribution is 7.80. The molecule has 0 fully saturated rings. The third-order valence-corrected chi connectivity index (χ3v) is 3.65. The predicted octanol–water partition coefficient (Wildman–Crippen LogP) is 2.37. The van der Waals surface area contributed by atoms with E-state index in [-0.39, 0.29) is 4.99 Å². The van der Waals surface area contributed by atoms with E-state index in [0.717, 1.165) is 16.1 Å². The average Bonchev–Trinajstić information content (AvgIpc) is 2.83. The molecule has 0 saturated carbocycles. The summed E-state index contributed by atoms with van der Waals surface area (Å²) < 4.78 is 5.65. The van der Waals surface area contributed by atoms with Gasteiger partial charge in [-0.2, -0.15) is 5.10 Å². The minimum absolute atomic E-state index is 0.284. The van der Waals surface area contributed by atoms with Gasteiger partial charge < -0.3 is 10.5 Å². The van der Waals surface area contributed by atoms with Gasteiger partial charge in [0.25, 0.3) is 0 Å². The molecule has 0 aliphatic rings. The maximum atomic E-state index is 5.72. The van der Waals surface area contributed by atoms with Crippen LogP contribution in [0.25, 0.3) is 0 Å². The smallest absolute Gasteiger partial charge is 0.244 e. The van der Waals surface area contributed by atoms with Crippen molar-refractivity contribution in [2.75, 3.05) is 0 Å². The number of nitrogens with zero attached hydrogens (tertiary/aromatic N) is 2. The first kappa shape index (κ1) is 12.9. The Kier molecular flexibility index (Phi) is 3.88. The zero-order chi connectivity index (χ0) is 13.1. The molecular weight excluding hydrogens is 266 g/mol. The minimum Gasteiger partial charge on any atom is -0.470 e. The molecule has 0 bridgehead atoms. The zero-order valence-corrected chi connectivity index (χ0v) is 11.8. The fraction of sp³-hybridized carbons (Fsp3) is 0.250. The Balaban J connectivity index is 2.27. The number of hydrogen-bond donors (Lipinski definition) is 1. The SMILES string of the molecule is Cc1nnc(OCc2cccs2)c(C(N)=S)c1C. The van der Waals surface area contributed by atoms with Crippen LogP contribution >= 0.6 is 23.6 Å². The molecule has 94 valence electrons. The molecular formula is C12H13N3OS2. The van der Waals surface area contributed by atoms with Crippen molar-refractivity contribution in [1.82, 2.24) is 10.2 Å². The van der Waals surface area contributed by atoms with E-state index in [1.807, 2.05) is 31.4 Å². The van der Waals surface area contributed by atoms with Crippen molar-refractivity contribution in [3.63, 3.8) is 0 Å². The number of aryl methyl sites for hydroxylation is 1. The second-order valence-corrected chi connectivity index (χ2v) is 5.29. The first-order chi connectivity index (χ1) is 8.59. The van der Waals surface area contributed by atoms with Gasteiger partial charge in [-0.1, -0.05) is 18.3 Å². The number of rotatable bonds is 4. The second-order valence-electron chi connectivity index (χ2n) is 3.82. The van der Waals surface area contributed by atoms with Gasteiger partial charge in [-0.3, -0.25) is 0 Å². The van der Waals surface area contributed by atoms with Gasteiger partial charge in [0.15, 0.2) is 0 Å². The monoisotopic (exact) mass is 279 g/mol. The van der Waals surface area contributed by atoms with Crippen molar-refractivity contribution in [2.24, 2.45) is 5.73 Å². The van der Waals surface area contributed by atoms with Gasteiger partial charge in [0.1, 0.15) is 11.6 Å². The lowest BCUT2D eigenvalue weighted by Gasteiger charge is -2.11. The van der Waals surface area contributed by atoms with E-state index in [0.29, 0.717) is 18.1 Å². The number of ether oxygens (including phenoxy) is 1. The van der Waals surface area contributed by atoms with Crippen LogP contribution in [0.5, 0.6) is 5.88 Å². The van der Waals surface area contributed by atoms with E-state index < -0.39 is 0 Å². The fourth-order valence-electron chi connectivity index (χ4n) is 1.51. The molecule has 0 aliphatic carbocycles. The Hall–Kier alpha value is -1.53. The summed E-state index contributed by atoms with van der Waals surface area (Å²) in [6.45, 7) is 4.23. The molecule has 2 aromatic rings. The van der Waals surface area contributed by atoms with E-state index in [1.54, 1.807) is 11.3 Å². The molecule has 0 aliphatic heterocycles. The number of hydrogen-bond acceptors (Lipinski definition) is 5. The summed E-state index contributed by atoms with van der Waals surface area (Å²) in [4.78, 5) is 1.40. The van der Waals surface area contributed by atoms with Crippen molar-refractivity contribution in [3.05, 3.63) is 39.2 Å². The summed E-state index contributed by atoms with van der Waals surface area (Å²) in [7, 11) is 0. The Morgan fingerprint density at radius 2 is 2.22 bits per heavy atom. The van der Waals surface area contributed by atoms with Gasteiger partial charge in [-0.05, 0) is 30.9 Å². The van der Waals surface area contributed by atoms with E-state index >= 15 is 0 Å². The van der Waals surface area contributed by atoms with E-state index in [9.17, 15) is 0 Å². The molecule has 2 heterocycles. The molecule has 4 nitrogen and oxygen atoms in total. The van der Waals surface area contributed by atoms with Crippen LogP contribution in [0.2, 0.25) is 0 Å². The fourth-order valence-corrected chi connectivity index (χ4v) is 2.37. The summed E-state index contributed by atoms with van der Waals surface area (Å²) in [6.07, 6.45) is 0.